The standard InChI is InChI=1S/C22H23N5O3S/c1-13(31-22-25-19(26-27-22)14-7-8-14)20(28)23-16-11-9-15(10-12-16)21(29)24-17-5-3-4-6-18(17)30-2/h3-6,9-14H,7-8H2,1-2H3,(H,23,28)(H,24,29)(H,25,26,27). The first-order valence-corrected chi connectivity index (χ1v) is 10.9. The van der Waals surface area contributed by atoms with Crippen molar-refractivity contribution in [2.24, 2.45) is 0 Å². The molecule has 1 fully saturated rings. The van der Waals surface area contributed by atoms with Crippen molar-refractivity contribution in [3.8, 4) is 5.75 Å². The maximum Gasteiger partial charge on any atom is 0.255 e. The van der Waals surface area contributed by atoms with Gasteiger partial charge in [-0.05, 0) is 56.2 Å². The third-order valence-corrected chi connectivity index (χ3v) is 5.83. The number of methoxy groups -OCH3 is 1. The van der Waals surface area contributed by atoms with Crippen molar-refractivity contribution in [2.75, 3.05) is 17.7 Å². The van der Waals surface area contributed by atoms with Crippen LogP contribution >= 0.6 is 11.8 Å². The number of carbonyl (C=O) groups is 2. The second-order valence-electron chi connectivity index (χ2n) is 7.26. The highest BCUT2D eigenvalue weighted by Crippen LogP contribution is 2.38. The summed E-state index contributed by atoms with van der Waals surface area (Å²) in [5.74, 6) is 1.56. The van der Waals surface area contributed by atoms with E-state index in [9.17, 15) is 9.59 Å². The van der Waals surface area contributed by atoms with Gasteiger partial charge in [0.2, 0.25) is 11.1 Å². The van der Waals surface area contributed by atoms with E-state index in [1.165, 1.54) is 11.8 Å². The maximum atomic E-state index is 12.5. The van der Waals surface area contributed by atoms with Crippen LogP contribution in [0.5, 0.6) is 5.75 Å². The molecule has 1 aliphatic carbocycles. The van der Waals surface area contributed by atoms with E-state index < -0.39 is 0 Å². The Bertz CT molecular complexity index is 1080. The number of benzene rings is 2. The van der Waals surface area contributed by atoms with E-state index >= 15 is 0 Å². The number of ether oxygens (including phenoxy) is 1. The van der Waals surface area contributed by atoms with E-state index in [4.69, 9.17) is 4.74 Å². The minimum atomic E-state index is -0.364. The highest BCUT2D eigenvalue weighted by atomic mass is 32.2. The van der Waals surface area contributed by atoms with Gasteiger partial charge in [0.15, 0.2) is 0 Å². The molecule has 0 saturated heterocycles. The zero-order valence-electron chi connectivity index (χ0n) is 17.2. The van der Waals surface area contributed by atoms with Crippen LogP contribution in [0.1, 0.15) is 41.9 Å². The molecule has 1 unspecified atom stereocenters. The Morgan fingerprint density at radius 1 is 1.13 bits per heavy atom. The average molecular weight is 438 g/mol. The zero-order chi connectivity index (χ0) is 21.8. The summed E-state index contributed by atoms with van der Waals surface area (Å²) in [6.07, 6.45) is 2.28. The van der Waals surface area contributed by atoms with Crippen LogP contribution in [0.25, 0.3) is 0 Å². The lowest BCUT2D eigenvalue weighted by molar-refractivity contribution is -0.115. The molecule has 1 heterocycles. The van der Waals surface area contributed by atoms with Crippen molar-refractivity contribution >= 4 is 35.0 Å². The van der Waals surface area contributed by atoms with E-state index in [1.807, 2.05) is 19.1 Å². The third-order valence-electron chi connectivity index (χ3n) is 4.87. The Balaban J connectivity index is 1.32. The number of hydrogen-bond donors (Lipinski definition) is 3. The largest absolute Gasteiger partial charge is 0.495 e. The molecule has 1 aromatic heterocycles. The Labute approximate surface area is 184 Å². The fraction of sp³-hybridized carbons (Fsp3) is 0.273. The van der Waals surface area contributed by atoms with Gasteiger partial charge in [-0.3, -0.25) is 14.7 Å². The highest BCUT2D eigenvalue weighted by molar-refractivity contribution is 8.00. The lowest BCUT2D eigenvalue weighted by Crippen LogP contribution is -2.22. The molecular weight excluding hydrogens is 414 g/mol. The summed E-state index contributed by atoms with van der Waals surface area (Å²) in [6.45, 7) is 1.81. The van der Waals surface area contributed by atoms with Crippen LogP contribution < -0.4 is 15.4 Å². The summed E-state index contributed by atoms with van der Waals surface area (Å²) in [4.78, 5) is 29.5. The van der Waals surface area contributed by atoms with Crippen molar-refractivity contribution in [1.82, 2.24) is 15.2 Å². The molecule has 1 aliphatic rings. The molecule has 9 heteroatoms. The number of nitrogens with one attached hydrogen (secondary N) is 3. The molecule has 160 valence electrons. The predicted octanol–water partition coefficient (Wildman–Crippen LogP) is 4.06. The number of thioether (sulfide) groups is 1. The van der Waals surface area contributed by atoms with Crippen molar-refractivity contribution in [3.63, 3.8) is 0 Å². The molecule has 0 spiro atoms. The lowest BCUT2D eigenvalue weighted by atomic mass is 10.2. The van der Waals surface area contributed by atoms with Crippen molar-refractivity contribution in [2.45, 2.75) is 36.1 Å². The summed E-state index contributed by atoms with van der Waals surface area (Å²) < 4.78 is 5.25. The molecule has 3 aromatic rings. The molecule has 1 saturated carbocycles. The van der Waals surface area contributed by atoms with Crippen molar-refractivity contribution in [3.05, 3.63) is 59.9 Å². The highest BCUT2D eigenvalue weighted by Gasteiger charge is 2.28. The number of anilines is 2. The number of rotatable bonds is 8. The molecule has 1 atom stereocenters. The van der Waals surface area contributed by atoms with Crippen LogP contribution in [0, 0.1) is 0 Å². The van der Waals surface area contributed by atoms with Gasteiger partial charge >= 0.3 is 0 Å². The molecule has 0 bridgehead atoms. The number of carbonyl (C=O) groups excluding carboxylic acids is 2. The van der Waals surface area contributed by atoms with Crippen LogP contribution in [-0.2, 0) is 4.79 Å². The van der Waals surface area contributed by atoms with E-state index in [-0.39, 0.29) is 17.1 Å². The van der Waals surface area contributed by atoms with Gasteiger partial charge in [0.05, 0.1) is 18.0 Å². The summed E-state index contributed by atoms with van der Waals surface area (Å²) in [5, 5.41) is 13.0. The maximum absolute atomic E-state index is 12.5. The van der Waals surface area contributed by atoms with Crippen LogP contribution in [0.4, 0.5) is 11.4 Å². The minimum Gasteiger partial charge on any atom is -0.495 e. The first kappa shape index (κ1) is 20.9. The first-order chi connectivity index (χ1) is 15.0. The Hall–Kier alpha value is -3.33. The number of nitrogens with zero attached hydrogens (tertiary/aromatic N) is 2. The molecule has 0 radical (unpaired) electrons. The molecule has 31 heavy (non-hydrogen) atoms. The second kappa shape index (κ2) is 9.22. The molecule has 3 N–H and O–H groups in total. The molecule has 2 amide bonds. The van der Waals surface area contributed by atoms with Crippen LogP contribution in [0.2, 0.25) is 0 Å². The molecule has 0 aliphatic heterocycles. The fourth-order valence-corrected chi connectivity index (χ4v) is 3.68. The van der Waals surface area contributed by atoms with Crippen molar-refractivity contribution in [1.29, 1.82) is 0 Å². The van der Waals surface area contributed by atoms with E-state index in [0.717, 1.165) is 18.7 Å². The second-order valence-corrected chi connectivity index (χ2v) is 8.57. The van der Waals surface area contributed by atoms with Gasteiger partial charge in [-0.15, -0.1) is 5.10 Å². The number of hydrogen-bond acceptors (Lipinski definition) is 6. The Kier molecular flexibility index (Phi) is 6.22. The van der Waals surface area contributed by atoms with Gasteiger partial charge in [-0.2, -0.15) is 0 Å². The summed E-state index contributed by atoms with van der Waals surface area (Å²) >= 11 is 1.31. The smallest absolute Gasteiger partial charge is 0.255 e. The summed E-state index contributed by atoms with van der Waals surface area (Å²) in [7, 11) is 1.55. The number of aromatic amines is 1. The third kappa shape index (κ3) is 5.24. The van der Waals surface area contributed by atoms with E-state index in [2.05, 4.69) is 25.8 Å². The number of aromatic nitrogens is 3. The Morgan fingerprint density at radius 3 is 2.58 bits per heavy atom. The quantitative estimate of drug-likeness (QED) is 0.459. The monoisotopic (exact) mass is 437 g/mol. The van der Waals surface area contributed by atoms with Crippen LogP contribution in [0.3, 0.4) is 0 Å². The normalized spacial score (nSPS) is 14.0. The van der Waals surface area contributed by atoms with Crippen LogP contribution in [0.15, 0.2) is 53.7 Å². The average Bonchev–Trinajstić information content (AvgIpc) is 3.53. The number of amides is 2. The molecule has 4 rings (SSSR count). The van der Waals surface area contributed by atoms with E-state index in [1.54, 1.807) is 43.5 Å². The zero-order valence-corrected chi connectivity index (χ0v) is 18.0. The fourth-order valence-electron chi connectivity index (χ4n) is 2.95. The minimum absolute atomic E-state index is 0.158. The topological polar surface area (TPSA) is 109 Å². The van der Waals surface area contributed by atoms with E-state index in [0.29, 0.717) is 33.8 Å². The predicted molar refractivity (Wildman–Crippen MR) is 120 cm³/mol. The lowest BCUT2D eigenvalue weighted by Gasteiger charge is -2.12. The van der Waals surface area contributed by atoms with Crippen molar-refractivity contribution < 1.29 is 14.3 Å². The van der Waals surface area contributed by atoms with Gasteiger partial charge in [-0.25, -0.2) is 4.98 Å². The first-order valence-electron chi connectivity index (χ1n) is 9.97. The van der Waals surface area contributed by atoms with Gasteiger partial charge in [0.25, 0.3) is 5.91 Å². The molecule has 2 aromatic carbocycles. The Morgan fingerprint density at radius 2 is 1.87 bits per heavy atom. The van der Waals surface area contributed by atoms with Gasteiger partial charge in [0, 0.05) is 17.2 Å². The number of para-hydroxylation sites is 2. The van der Waals surface area contributed by atoms with Gasteiger partial charge in [0.1, 0.15) is 11.6 Å². The SMILES string of the molecule is COc1ccccc1NC(=O)c1ccc(NC(=O)C(C)Sc2n[nH]c(C3CC3)n2)cc1. The summed E-state index contributed by atoms with van der Waals surface area (Å²) in [5.41, 5.74) is 1.68. The van der Waals surface area contributed by atoms with Crippen LogP contribution in [-0.4, -0.2) is 39.4 Å². The molecule has 8 nitrogen and oxygen atoms in total. The number of H-pyrrole nitrogens is 1. The van der Waals surface area contributed by atoms with Gasteiger partial charge < -0.3 is 15.4 Å². The molecular formula is C22H23N5O3S. The summed E-state index contributed by atoms with van der Waals surface area (Å²) in [6, 6.07) is 13.9. The van der Waals surface area contributed by atoms with Gasteiger partial charge in [-0.1, -0.05) is 23.9 Å².